The minimum absolute atomic E-state index is 0.0434. The van der Waals surface area contributed by atoms with Gasteiger partial charge in [-0.25, -0.2) is 5.43 Å². The number of hydrazone groups is 1. The van der Waals surface area contributed by atoms with Crippen LogP contribution in [0.5, 0.6) is 11.5 Å². The third kappa shape index (κ3) is 4.56. The molecular formula is C18H18N4O4. The first-order valence-electron chi connectivity index (χ1n) is 8.05. The SMILES string of the molecule is C/C(CC(=O)Nc1ccc2c(c1)OCCO2)=N/NC(=O)c1cccnc1. The Kier molecular flexibility index (Phi) is 5.43. The minimum atomic E-state index is -0.385. The number of hydrogen-bond donors (Lipinski definition) is 2. The second-order valence-electron chi connectivity index (χ2n) is 5.61. The number of aromatic nitrogens is 1. The van der Waals surface area contributed by atoms with Crippen molar-refractivity contribution in [1.82, 2.24) is 10.4 Å². The van der Waals surface area contributed by atoms with E-state index in [1.165, 1.54) is 6.20 Å². The average Bonchev–Trinajstić information content (AvgIpc) is 2.66. The van der Waals surface area contributed by atoms with E-state index in [4.69, 9.17) is 9.47 Å². The Balaban J connectivity index is 1.53. The molecule has 2 N–H and O–H groups in total. The van der Waals surface area contributed by atoms with Gasteiger partial charge < -0.3 is 14.8 Å². The largest absolute Gasteiger partial charge is 0.486 e. The third-order valence-corrected chi connectivity index (χ3v) is 3.51. The van der Waals surface area contributed by atoms with Crippen LogP contribution >= 0.6 is 0 Å². The maximum Gasteiger partial charge on any atom is 0.272 e. The van der Waals surface area contributed by atoms with E-state index in [0.29, 0.717) is 41.7 Å². The lowest BCUT2D eigenvalue weighted by atomic mass is 10.2. The van der Waals surface area contributed by atoms with Crippen molar-refractivity contribution < 1.29 is 19.1 Å². The normalized spacial score (nSPS) is 13.0. The molecule has 0 radical (unpaired) electrons. The molecule has 0 unspecified atom stereocenters. The van der Waals surface area contributed by atoms with Gasteiger partial charge in [0.15, 0.2) is 11.5 Å². The lowest BCUT2D eigenvalue weighted by molar-refractivity contribution is -0.115. The van der Waals surface area contributed by atoms with Crippen molar-refractivity contribution in [3.8, 4) is 11.5 Å². The number of amides is 2. The number of ether oxygens (including phenoxy) is 2. The van der Waals surface area contributed by atoms with E-state index in [-0.39, 0.29) is 18.2 Å². The van der Waals surface area contributed by atoms with E-state index in [1.54, 1.807) is 43.5 Å². The van der Waals surface area contributed by atoms with Gasteiger partial charge in [-0.1, -0.05) is 0 Å². The number of anilines is 1. The molecule has 3 rings (SSSR count). The van der Waals surface area contributed by atoms with Crippen LogP contribution in [0.3, 0.4) is 0 Å². The molecule has 26 heavy (non-hydrogen) atoms. The first-order valence-corrected chi connectivity index (χ1v) is 8.05. The van der Waals surface area contributed by atoms with Gasteiger partial charge in [0.05, 0.1) is 12.0 Å². The van der Waals surface area contributed by atoms with Crippen molar-refractivity contribution in [3.05, 3.63) is 48.3 Å². The molecule has 1 aromatic heterocycles. The van der Waals surface area contributed by atoms with Crippen molar-refractivity contribution in [1.29, 1.82) is 0 Å². The maximum atomic E-state index is 12.1. The molecular weight excluding hydrogens is 336 g/mol. The van der Waals surface area contributed by atoms with E-state index in [1.807, 2.05) is 0 Å². The second-order valence-corrected chi connectivity index (χ2v) is 5.61. The summed E-state index contributed by atoms with van der Waals surface area (Å²) in [6.45, 7) is 2.65. The molecule has 1 aromatic carbocycles. The number of benzene rings is 1. The van der Waals surface area contributed by atoms with Crippen molar-refractivity contribution in [2.24, 2.45) is 5.10 Å². The smallest absolute Gasteiger partial charge is 0.272 e. The number of hydrogen-bond acceptors (Lipinski definition) is 6. The number of pyridine rings is 1. The molecule has 134 valence electrons. The first kappa shape index (κ1) is 17.4. The molecule has 0 spiro atoms. The second kappa shape index (κ2) is 8.11. The van der Waals surface area contributed by atoms with Crippen LogP contribution in [0.1, 0.15) is 23.7 Å². The van der Waals surface area contributed by atoms with Gasteiger partial charge in [-0.15, -0.1) is 0 Å². The highest BCUT2D eigenvalue weighted by atomic mass is 16.6. The Hall–Kier alpha value is -3.42. The van der Waals surface area contributed by atoms with E-state index >= 15 is 0 Å². The molecule has 8 heteroatoms. The number of carbonyl (C=O) groups excluding carboxylic acids is 2. The fraction of sp³-hybridized carbons (Fsp3) is 0.222. The summed E-state index contributed by atoms with van der Waals surface area (Å²) in [7, 11) is 0. The van der Waals surface area contributed by atoms with Gasteiger partial charge in [0, 0.05) is 29.9 Å². The molecule has 0 bridgehead atoms. The Morgan fingerprint density at radius 1 is 1.19 bits per heavy atom. The molecule has 1 aliphatic heterocycles. The molecule has 0 saturated carbocycles. The summed E-state index contributed by atoms with van der Waals surface area (Å²) in [6, 6.07) is 8.48. The van der Waals surface area contributed by atoms with Gasteiger partial charge in [0.1, 0.15) is 13.2 Å². The van der Waals surface area contributed by atoms with Gasteiger partial charge >= 0.3 is 0 Å². The highest BCUT2D eigenvalue weighted by Gasteiger charge is 2.13. The van der Waals surface area contributed by atoms with E-state index < -0.39 is 0 Å². The van der Waals surface area contributed by atoms with Crippen LogP contribution in [0.2, 0.25) is 0 Å². The van der Waals surface area contributed by atoms with Gasteiger partial charge in [0.25, 0.3) is 5.91 Å². The topological polar surface area (TPSA) is 102 Å². The van der Waals surface area contributed by atoms with E-state index in [0.717, 1.165) is 0 Å². The molecule has 2 aromatic rings. The van der Waals surface area contributed by atoms with Crippen LogP contribution in [-0.2, 0) is 4.79 Å². The summed E-state index contributed by atoms with van der Waals surface area (Å²) in [5.74, 6) is 0.622. The average molecular weight is 354 g/mol. The summed E-state index contributed by atoms with van der Waals surface area (Å²) < 4.78 is 10.9. The summed E-state index contributed by atoms with van der Waals surface area (Å²) >= 11 is 0. The van der Waals surface area contributed by atoms with Crippen LogP contribution < -0.4 is 20.2 Å². The van der Waals surface area contributed by atoms with Crippen molar-refractivity contribution in [2.45, 2.75) is 13.3 Å². The van der Waals surface area contributed by atoms with Crippen LogP contribution in [-0.4, -0.2) is 35.7 Å². The highest BCUT2D eigenvalue weighted by molar-refractivity contribution is 6.06. The third-order valence-electron chi connectivity index (χ3n) is 3.51. The zero-order valence-electron chi connectivity index (χ0n) is 14.2. The predicted molar refractivity (Wildman–Crippen MR) is 95.5 cm³/mol. The summed E-state index contributed by atoms with van der Waals surface area (Å²) in [6.07, 6.45) is 3.06. The molecule has 0 atom stereocenters. The zero-order chi connectivity index (χ0) is 18.4. The number of nitrogens with zero attached hydrogens (tertiary/aromatic N) is 2. The molecule has 0 saturated heterocycles. The zero-order valence-corrected chi connectivity index (χ0v) is 14.2. The van der Waals surface area contributed by atoms with E-state index in [9.17, 15) is 9.59 Å². The first-order chi connectivity index (χ1) is 12.6. The lowest BCUT2D eigenvalue weighted by Gasteiger charge is -2.19. The summed E-state index contributed by atoms with van der Waals surface area (Å²) in [4.78, 5) is 27.9. The van der Waals surface area contributed by atoms with Crippen LogP contribution in [0.4, 0.5) is 5.69 Å². The number of nitrogens with one attached hydrogen (secondary N) is 2. The maximum absolute atomic E-state index is 12.1. The van der Waals surface area contributed by atoms with Gasteiger partial charge in [-0.05, 0) is 31.2 Å². The molecule has 0 aliphatic carbocycles. The molecule has 1 aliphatic rings. The summed E-state index contributed by atoms with van der Waals surface area (Å²) in [5, 5.41) is 6.70. The van der Waals surface area contributed by atoms with E-state index in [2.05, 4.69) is 20.8 Å². The minimum Gasteiger partial charge on any atom is -0.486 e. The van der Waals surface area contributed by atoms with Crippen molar-refractivity contribution in [3.63, 3.8) is 0 Å². The Labute approximate surface area is 150 Å². The monoisotopic (exact) mass is 354 g/mol. The fourth-order valence-corrected chi connectivity index (χ4v) is 2.31. The van der Waals surface area contributed by atoms with Crippen LogP contribution in [0.25, 0.3) is 0 Å². The Bertz CT molecular complexity index is 836. The lowest BCUT2D eigenvalue weighted by Crippen LogP contribution is -2.21. The predicted octanol–water partition coefficient (Wildman–Crippen LogP) is 1.99. The Morgan fingerprint density at radius 2 is 2.00 bits per heavy atom. The number of rotatable bonds is 5. The van der Waals surface area contributed by atoms with Crippen LogP contribution in [0.15, 0.2) is 47.8 Å². The van der Waals surface area contributed by atoms with Gasteiger partial charge in [-0.2, -0.15) is 5.10 Å². The summed E-state index contributed by atoms with van der Waals surface area (Å²) in [5.41, 5.74) is 3.87. The molecule has 0 fully saturated rings. The van der Waals surface area contributed by atoms with Crippen molar-refractivity contribution >= 4 is 23.2 Å². The van der Waals surface area contributed by atoms with Crippen LogP contribution in [0, 0.1) is 0 Å². The molecule has 2 amide bonds. The molecule has 2 heterocycles. The molecule has 8 nitrogen and oxygen atoms in total. The fourth-order valence-electron chi connectivity index (χ4n) is 2.31. The van der Waals surface area contributed by atoms with Crippen molar-refractivity contribution in [2.75, 3.05) is 18.5 Å². The number of fused-ring (bicyclic) bond motifs is 1. The highest BCUT2D eigenvalue weighted by Crippen LogP contribution is 2.32. The Morgan fingerprint density at radius 3 is 2.77 bits per heavy atom. The standard InChI is InChI=1S/C18H18N4O4/c1-12(21-22-18(24)13-3-2-6-19-11-13)9-17(23)20-14-4-5-15-16(10-14)26-8-7-25-15/h2-6,10-11H,7-9H2,1H3,(H,20,23)(H,22,24)/b21-12-. The van der Waals surface area contributed by atoms with Gasteiger partial charge in [0.2, 0.25) is 5.91 Å². The quantitative estimate of drug-likeness (QED) is 0.631. The number of carbonyl (C=O) groups is 2. The van der Waals surface area contributed by atoms with Gasteiger partial charge in [-0.3, -0.25) is 14.6 Å².